The lowest BCUT2D eigenvalue weighted by molar-refractivity contribution is 0.251. The Morgan fingerprint density at radius 3 is 2.32 bits per heavy atom. The molecule has 0 heterocycles. The normalized spacial score (nSPS) is 11.3. The predicted molar refractivity (Wildman–Crippen MR) is 86.6 cm³/mol. The van der Waals surface area contributed by atoms with E-state index in [0.717, 1.165) is 24.0 Å². The Balaban J connectivity index is 1.89. The van der Waals surface area contributed by atoms with Gasteiger partial charge in [0.1, 0.15) is 5.75 Å². The van der Waals surface area contributed by atoms with Gasteiger partial charge in [-0.2, -0.15) is 8.42 Å². The summed E-state index contributed by atoms with van der Waals surface area (Å²) in [5.41, 5.74) is 2.33. The smallest absolute Gasteiger partial charge is 0.264 e. The largest absolute Gasteiger partial charge is 0.493 e. The summed E-state index contributed by atoms with van der Waals surface area (Å²) in [7, 11) is -3.37. The Kier molecular flexibility index (Phi) is 5.98. The van der Waals surface area contributed by atoms with E-state index in [1.165, 1.54) is 5.56 Å². The maximum absolute atomic E-state index is 10.9. The molecule has 0 aliphatic rings. The van der Waals surface area contributed by atoms with Crippen molar-refractivity contribution in [2.75, 3.05) is 19.5 Å². The minimum atomic E-state index is -3.37. The first-order valence-electron chi connectivity index (χ1n) is 7.13. The van der Waals surface area contributed by atoms with Crippen LogP contribution in [0.2, 0.25) is 0 Å². The van der Waals surface area contributed by atoms with Crippen LogP contribution in [-0.2, 0) is 20.7 Å². The van der Waals surface area contributed by atoms with Crippen LogP contribution >= 0.6 is 0 Å². The average molecular weight is 320 g/mol. The first-order chi connectivity index (χ1) is 10.5. The zero-order valence-electron chi connectivity index (χ0n) is 12.6. The van der Waals surface area contributed by atoms with Crippen molar-refractivity contribution < 1.29 is 17.3 Å². The summed E-state index contributed by atoms with van der Waals surface area (Å²) in [6.45, 7) is 0.557. The molecule has 0 saturated heterocycles. The third kappa shape index (κ3) is 5.87. The van der Waals surface area contributed by atoms with Crippen LogP contribution in [0.3, 0.4) is 0 Å². The quantitative estimate of drug-likeness (QED) is 0.554. The summed E-state index contributed by atoms with van der Waals surface area (Å²) in [4.78, 5) is 0. The maximum atomic E-state index is 10.9. The SMILES string of the molecule is CS(=O)(=O)OCCCOc1ccccc1Cc1ccccc1. The van der Waals surface area contributed by atoms with E-state index in [9.17, 15) is 8.42 Å². The Labute approximate surface area is 131 Å². The van der Waals surface area contributed by atoms with Crippen LogP contribution in [0.4, 0.5) is 0 Å². The predicted octanol–water partition coefficient (Wildman–Crippen LogP) is 3.02. The highest BCUT2D eigenvalue weighted by Gasteiger charge is 2.05. The topological polar surface area (TPSA) is 52.6 Å². The molecule has 0 saturated carbocycles. The molecule has 0 amide bonds. The molecule has 0 aliphatic heterocycles. The van der Waals surface area contributed by atoms with Gasteiger partial charge in [0, 0.05) is 12.8 Å². The lowest BCUT2D eigenvalue weighted by Crippen LogP contribution is -2.08. The summed E-state index contributed by atoms with van der Waals surface area (Å²) in [5, 5.41) is 0. The van der Waals surface area contributed by atoms with Gasteiger partial charge in [0.15, 0.2) is 0 Å². The fourth-order valence-electron chi connectivity index (χ4n) is 2.06. The van der Waals surface area contributed by atoms with Crippen molar-refractivity contribution in [2.45, 2.75) is 12.8 Å². The minimum absolute atomic E-state index is 0.139. The Morgan fingerprint density at radius 1 is 0.909 bits per heavy atom. The standard InChI is InChI=1S/C17H20O4S/c1-22(18,19)21-13-7-12-20-17-11-6-5-10-16(17)14-15-8-3-2-4-9-15/h2-6,8-11H,7,12-14H2,1H3. The van der Waals surface area contributed by atoms with E-state index in [1.807, 2.05) is 42.5 Å². The van der Waals surface area contributed by atoms with E-state index in [4.69, 9.17) is 4.74 Å². The van der Waals surface area contributed by atoms with Crippen LogP contribution in [0, 0.1) is 0 Å². The minimum Gasteiger partial charge on any atom is -0.493 e. The highest BCUT2D eigenvalue weighted by Crippen LogP contribution is 2.21. The molecule has 0 atom stereocenters. The Morgan fingerprint density at radius 2 is 1.59 bits per heavy atom. The number of para-hydroxylation sites is 1. The molecule has 2 aromatic carbocycles. The van der Waals surface area contributed by atoms with Gasteiger partial charge in [-0.15, -0.1) is 0 Å². The van der Waals surface area contributed by atoms with Gasteiger partial charge in [-0.05, 0) is 17.2 Å². The molecule has 0 N–H and O–H groups in total. The molecule has 2 rings (SSSR count). The average Bonchev–Trinajstić information content (AvgIpc) is 2.48. The zero-order chi connectivity index (χ0) is 15.8. The van der Waals surface area contributed by atoms with Crippen molar-refractivity contribution in [1.82, 2.24) is 0 Å². The molecule has 118 valence electrons. The molecule has 5 heteroatoms. The Hall–Kier alpha value is -1.85. The van der Waals surface area contributed by atoms with Crippen LogP contribution in [0.1, 0.15) is 17.5 Å². The molecule has 2 aromatic rings. The highest BCUT2D eigenvalue weighted by atomic mass is 32.2. The fourth-order valence-corrected chi connectivity index (χ4v) is 2.48. The molecule has 0 aliphatic carbocycles. The highest BCUT2D eigenvalue weighted by molar-refractivity contribution is 7.85. The molecule has 0 bridgehead atoms. The van der Waals surface area contributed by atoms with Gasteiger partial charge in [-0.3, -0.25) is 4.18 Å². The summed E-state index contributed by atoms with van der Waals surface area (Å²) in [5.74, 6) is 0.825. The van der Waals surface area contributed by atoms with E-state index in [-0.39, 0.29) is 6.61 Å². The number of rotatable bonds is 8. The molecule has 0 unspecified atom stereocenters. The molecular weight excluding hydrogens is 300 g/mol. The molecular formula is C17H20O4S. The van der Waals surface area contributed by atoms with E-state index in [0.29, 0.717) is 13.0 Å². The van der Waals surface area contributed by atoms with Crippen molar-refractivity contribution >= 4 is 10.1 Å². The molecule has 0 spiro atoms. The van der Waals surface area contributed by atoms with Crippen LogP contribution in [0.25, 0.3) is 0 Å². The number of benzene rings is 2. The number of ether oxygens (including phenoxy) is 1. The summed E-state index contributed by atoms with van der Waals surface area (Å²) in [6.07, 6.45) is 2.37. The second-order valence-electron chi connectivity index (χ2n) is 5.00. The lowest BCUT2D eigenvalue weighted by atomic mass is 10.0. The summed E-state index contributed by atoms with van der Waals surface area (Å²) >= 11 is 0. The van der Waals surface area contributed by atoms with Gasteiger partial charge in [0.2, 0.25) is 0 Å². The van der Waals surface area contributed by atoms with Crippen molar-refractivity contribution in [3.63, 3.8) is 0 Å². The monoisotopic (exact) mass is 320 g/mol. The van der Waals surface area contributed by atoms with Crippen LogP contribution in [-0.4, -0.2) is 27.9 Å². The molecule has 22 heavy (non-hydrogen) atoms. The van der Waals surface area contributed by atoms with Crippen LogP contribution < -0.4 is 4.74 Å². The summed E-state index contributed by atoms with van der Waals surface area (Å²) < 4.78 is 32.2. The lowest BCUT2D eigenvalue weighted by Gasteiger charge is -2.11. The van der Waals surface area contributed by atoms with Gasteiger partial charge in [0.25, 0.3) is 10.1 Å². The second kappa shape index (κ2) is 7.96. The first-order valence-corrected chi connectivity index (χ1v) is 8.95. The van der Waals surface area contributed by atoms with Crippen molar-refractivity contribution in [2.24, 2.45) is 0 Å². The van der Waals surface area contributed by atoms with E-state index in [2.05, 4.69) is 16.3 Å². The number of hydrogen-bond acceptors (Lipinski definition) is 4. The summed E-state index contributed by atoms with van der Waals surface area (Å²) in [6, 6.07) is 18.1. The fraction of sp³-hybridized carbons (Fsp3) is 0.294. The van der Waals surface area contributed by atoms with Crippen molar-refractivity contribution in [3.8, 4) is 5.75 Å². The molecule has 4 nitrogen and oxygen atoms in total. The zero-order valence-corrected chi connectivity index (χ0v) is 13.4. The Bertz CT molecular complexity index is 681. The third-order valence-electron chi connectivity index (χ3n) is 3.05. The van der Waals surface area contributed by atoms with Crippen molar-refractivity contribution in [3.05, 3.63) is 65.7 Å². The van der Waals surface area contributed by atoms with Crippen LogP contribution in [0.5, 0.6) is 5.75 Å². The maximum Gasteiger partial charge on any atom is 0.264 e. The van der Waals surface area contributed by atoms with Gasteiger partial charge in [-0.25, -0.2) is 0 Å². The van der Waals surface area contributed by atoms with Gasteiger partial charge < -0.3 is 4.74 Å². The third-order valence-corrected chi connectivity index (χ3v) is 3.65. The van der Waals surface area contributed by atoms with Gasteiger partial charge in [0.05, 0.1) is 19.5 Å². The van der Waals surface area contributed by atoms with E-state index >= 15 is 0 Å². The molecule has 0 fully saturated rings. The first kappa shape index (κ1) is 16.5. The van der Waals surface area contributed by atoms with Crippen LogP contribution in [0.15, 0.2) is 54.6 Å². The molecule has 0 aromatic heterocycles. The van der Waals surface area contributed by atoms with Gasteiger partial charge >= 0.3 is 0 Å². The molecule has 0 radical (unpaired) electrons. The number of hydrogen-bond donors (Lipinski definition) is 0. The van der Waals surface area contributed by atoms with Gasteiger partial charge in [-0.1, -0.05) is 48.5 Å². The van der Waals surface area contributed by atoms with E-state index < -0.39 is 10.1 Å². The second-order valence-corrected chi connectivity index (χ2v) is 6.64. The van der Waals surface area contributed by atoms with Crippen molar-refractivity contribution in [1.29, 1.82) is 0 Å². The van der Waals surface area contributed by atoms with E-state index in [1.54, 1.807) is 0 Å².